The summed E-state index contributed by atoms with van der Waals surface area (Å²) in [6, 6.07) is 22.8. The lowest BCUT2D eigenvalue weighted by molar-refractivity contribution is 1.30. The molecule has 0 nitrogen and oxygen atoms in total. The fourth-order valence-corrected chi connectivity index (χ4v) is 44.9. The first-order valence-electron chi connectivity index (χ1n) is 9.84. The molecule has 1 aromatic heterocycles. The van der Waals surface area contributed by atoms with Crippen molar-refractivity contribution in [3.05, 3.63) is 71.8 Å². The zero-order chi connectivity index (χ0) is 19.4. The van der Waals surface area contributed by atoms with E-state index in [4.69, 9.17) is 0 Å². The highest BCUT2D eigenvalue weighted by atomic mass is 32.6. The van der Waals surface area contributed by atoms with Gasteiger partial charge in [0.1, 0.15) is 0 Å². The molecule has 0 fully saturated rings. The van der Waals surface area contributed by atoms with Gasteiger partial charge in [-0.15, -0.1) is 0 Å². The minimum absolute atomic E-state index is 0.216. The van der Waals surface area contributed by atoms with Gasteiger partial charge in [-0.25, -0.2) is 0 Å². The summed E-state index contributed by atoms with van der Waals surface area (Å²) in [5, 5.41) is 1.73. The van der Waals surface area contributed by atoms with Crippen molar-refractivity contribution in [2.75, 3.05) is 0 Å². The van der Waals surface area contributed by atoms with Gasteiger partial charge in [-0.05, 0) is 32.8 Å². The lowest BCUT2D eigenvalue weighted by Crippen LogP contribution is -2.33. The van der Waals surface area contributed by atoms with Crippen LogP contribution < -0.4 is 0 Å². The molecule has 5 heteroatoms. The first-order valence-corrected chi connectivity index (χ1v) is 22.8. The maximum atomic E-state index is 2.61. The number of fused-ring (bicyclic) bond motifs is 1. The van der Waals surface area contributed by atoms with Gasteiger partial charge in [-0.2, -0.15) is 0 Å². The Morgan fingerprint density at radius 1 is 0.593 bits per heavy atom. The zero-order valence-corrected chi connectivity index (χ0v) is 22.0. The molecule has 4 rings (SSSR count). The van der Waals surface area contributed by atoms with Gasteiger partial charge in [-0.1, -0.05) is 99.9 Å². The summed E-state index contributed by atoms with van der Waals surface area (Å²) >= 11 is 0. The molecule has 2 heterocycles. The molecular weight excluding hydrogens is 413 g/mol. The van der Waals surface area contributed by atoms with Gasteiger partial charge in [0.25, 0.3) is 0 Å². The van der Waals surface area contributed by atoms with Gasteiger partial charge in [0.2, 0.25) is 0 Å². The van der Waals surface area contributed by atoms with E-state index in [0.29, 0.717) is 0 Å². The van der Waals surface area contributed by atoms with Gasteiger partial charge in [0, 0.05) is 16.1 Å². The monoisotopic (exact) mass is 443 g/mol. The van der Waals surface area contributed by atoms with E-state index in [1.807, 2.05) is 7.55 Å². The molecule has 0 radical (unpaired) electrons. The van der Waals surface area contributed by atoms with Crippen molar-refractivity contribution < 1.29 is 0 Å². The molecule has 142 valence electrons. The largest absolute Gasteiger partial charge is 0.322 e. The minimum atomic E-state index is -1.29. The summed E-state index contributed by atoms with van der Waals surface area (Å²) in [6.07, 6.45) is 0. The van der Waals surface area contributed by atoms with E-state index in [1.165, 1.54) is 11.1 Å². The molecule has 0 bridgehead atoms. The smallest absolute Gasteiger partial charge is 0.0472 e. The second kappa shape index (κ2) is 7.09. The Morgan fingerprint density at radius 2 is 0.926 bits per heavy atom. The first kappa shape index (κ1) is 19.8. The average molecular weight is 444 g/mol. The third kappa shape index (κ3) is 3.73. The molecule has 4 atom stereocenters. The Morgan fingerprint density at radius 3 is 1.22 bits per heavy atom. The number of rotatable bonds is 4. The van der Waals surface area contributed by atoms with E-state index in [1.54, 1.807) is 11.1 Å². The summed E-state index contributed by atoms with van der Waals surface area (Å²) in [7, 11) is -0.719. The highest BCUT2D eigenvalue weighted by molar-refractivity contribution is 8.68. The third-order valence-electron chi connectivity index (χ3n) is 5.47. The molecule has 27 heavy (non-hydrogen) atoms. The van der Waals surface area contributed by atoms with Crippen LogP contribution in [0.5, 0.6) is 0 Å². The zero-order valence-electron chi connectivity index (χ0n) is 17.3. The van der Waals surface area contributed by atoms with Crippen molar-refractivity contribution in [1.82, 2.24) is 0 Å². The van der Waals surface area contributed by atoms with Crippen LogP contribution in [0.25, 0.3) is 11.1 Å². The Labute approximate surface area is 170 Å². The summed E-state index contributed by atoms with van der Waals surface area (Å²) in [5.41, 5.74) is 6.52. The molecule has 3 aromatic rings. The molecule has 0 N–H and O–H groups in total. The number of hydrogen-bond donors (Lipinski definition) is 0. The van der Waals surface area contributed by atoms with Gasteiger partial charge in [0.15, 0.2) is 0 Å². The molecule has 0 spiro atoms. The highest BCUT2D eigenvalue weighted by Crippen LogP contribution is 2.93. The molecule has 4 unspecified atom stereocenters. The molecule has 1 aliphatic rings. The summed E-state index contributed by atoms with van der Waals surface area (Å²) in [4.78, 5) is 0. The first-order chi connectivity index (χ1) is 12.7. The Hall–Kier alpha value is -0.486. The Balaban J connectivity index is 2.07. The molecule has 0 saturated heterocycles. The van der Waals surface area contributed by atoms with E-state index in [0.717, 1.165) is 10.6 Å². The second-order valence-electron chi connectivity index (χ2n) is 9.83. The maximum absolute atomic E-state index is 2.61. The van der Waals surface area contributed by atoms with Crippen molar-refractivity contribution in [2.24, 2.45) is 0 Å². The molecule has 0 amide bonds. The highest BCUT2D eigenvalue weighted by Gasteiger charge is 2.42. The Kier molecular flexibility index (Phi) is 5.20. The predicted molar refractivity (Wildman–Crippen MR) is 134 cm³/mol. The summed E-state index contributed by atoms with van der Waals surface area (Å²) in [6.45, 7) is 16.1. The van der Waals surface area contributed by atoms with Gasteiger partial charge >= 0.3 is 0 Å². The van der Waals surface area contributed by atoms with Crippen LogP contribution in [0.1, 0.15) is 21.7 Å². The Bertz CT molecular complexity index is 870. The normalized spacial score (nSPS) is 22.4. The maximum Gasteiger partial charge on any atom is 0.0472 e. The van der Waals surface area contributed by atoms with E-state index >= 15 is 0 Å². The van der Waals surface area contributed by atoms with Crippen molar-refractivity contribution in [3.8, 4) is 0 Å². The van der Waals surface area contributed by atoms with Crippen LogP contribution >= 0.6 is 21.3 Å². The summed E-state index contributed by atoms with van der Waals surface area (Å²) < 4.78 is 0. The standard InChI is InChI=1S/C22H30P3Si2/c1-26(2,3)21-19(17-13-9-7-10-14-17)20(18-15-11-8-12-16-18)22(27(4,5)6)25-23-24(21)25/h7-16,21-22H,1-6H3/q-1. The number of hydrogen-bond acceptors (Lipinski definition) is 0. The number of allylic oxidation sites excluding steroid dienone is 2. The lowest BCUT2D eigenvalue weighted by atomic mass is 9.96. The fraction of sp³-hybridized carbons (Fsp3) is 0.364. The minimum Gasteiger partial charge on any atom is -0.322 e. The van der Waals surface area contributed by atoms with E-state index in [9.17, 15) is 0 Å². The van der Waals surface area contributed by atoms with Crippen molar-refractivity contribution in [3.63, 3.8) is 0 Å². The fourth-order valence-electron chi connectivity index (χ4n) is 4.36. The predicted octanol–water partition coefficient (Wildman–Crippen LogP) is 9.42. The van der Waals surface area contributed by atoms with Crippen LogP contribution in [0.3, 0.4) is 0 Å². The SMILES string of the molecule is C[Si](C)(C)C1C(c2ccccc2)=C(c2ccccc2)C([Si](C)(C)C)p2[p-]p21. The van der Waals surface area contributed by atoms with E-state index in [-0.39, 0.29) is 13.8 Å². The third-order valence-corrected chi connectivity index (χ3v) is 30.6. The molecule has 0 aliphatic carbocycles. The van der Waals surface area contributed by atoms with Crippen LogP contribution in [-0.4, -0.2) is 16.1 Å². The molecule has 0 saturated carbocycles. The topological polar surface area (TPSA) is 0 Å². The van der Waals surface area contributed by atoms with Crippen molar-refractivity contribution >= 4 is 48.6 Å². The lowest BCUT2D eigenvalue weighted by Gasteiger charge is -2.46. The quantitative estimate of drug-likeness (QED) is 0.352. The van der Waals surface area contributed by atoms with E-state index < -0.39 is 16.1 Å². The van der Waals surface area contributed by atoms with Crippen molar-refractivity contribution in [2.45, 2.75) is 49.8 Å². The number of benzene rings is 2. The van der Waals surface area contributed by atoms with E-state index in [2.05, 4.69) is 99.9 Å². The van der Waals surface area contributed by atoms with Gasteiger partial charge < -0.3 is 7.55 Å². The molecule has 2 aromatic carbocycles. The van der Waals surface area contributed by atoms with Crippen LogP contribution in [0.4, 0.5) is 0 Å². The van der Waals surface area contributed by atoms with Crippen LogP contribution in [-0.2, 0) is 0 Å². The molecule has 1 aliphatic heterocycles. The van der Waals surface area contributed by atoms with Gasteiger partial charge in [0.05, 0.1) is 0 Å². The van der Waals surface area contributed by atoms with Crippen LogP contribution in [0.15, 0.2) is 60.7 Å². The van der Waals surface area contributed by atoms with Crippen LogP contribution in [0, 0.1) is 0 Å². The van der Waals surface area contributed by atoms with Crippen LogP contribution in [0.2, 0.25) is 39.3 Å². The van der Waals surface area contributed by atoms with Gasteiger partial charge in [-0.3, -0.25) is 13.8 Å². The average Bonchev–Trinajstić information content (AvgIpc) is 3.39. The molecular formula is C22H30P3Si2-. The van der Waals surface area contributed by atoms with Crippen molar-refractivity contribution in [1.29, 1.82) is 0 Å². The second-order valence-corrected chi connectivity index (χ2v) is 33.1. The summed E-state index contributed by atoms with van der Waals surface area (Å²) in [5.74, 6) is 0.